The van der Waals surface area contributed by atoms with Gasteiger partial charge in [-0.3, -0.25) is 14.7 Å². The molecule has 1 aliphatic rings. The van der Waals surface area contributed by atoms with Crippen LogP contribution in [0.1, 0.15) is 42.2 Å². The van der Waals surface area contributed by atoms with E-state index in [9.17, 15) is 15.1 Å². The van der Waals surface area contributed by atoms with E-state index in [4.69, 9.17) is 9.84 Å². The smallest absolute Gasteiger partial charge is 0.417 e. The Bertz CT molecular complexity index is 1100. The molecule has 9 nitrogen and oxygen atoms in total. The monoisotopic (exact) mass is 426 g/mol. The lowest BCUT2D eigenvalue weighted by Gasteiger charge is -2.25. The Morgan fingerprint density at radius 2 is 2.00 bits per heavy atom. The molecule has 9 heteroatoms. The number of hydrogen-bond donors (Lipinski definition) is 3. The van der Waals surface area contributed by atoms with Crippen molar-refractivity contribution in [1.29, 1.82) is 0 Å². The molecular formula is C22H28N5O4+. The lowest BCUT2D eigenvalue weighted by atomic mass is 9.93. The van der Waals surface area contributed by atoms with E-state index >= 15 is 0 Å². The summed E-state index contributed by atoms with van der Waals surface area (Å²) in [6.45, 7) is 0. The first-order valence-corrected chi connectivity index (χ1v) is 10.4. The van der Waals surface area contributed by atoms with E-state index in [1.807, 2.05) is 42.0 Å². The molecule has 2 heterocycles. The van der Waals surface area contributed by atoms with Crippen molar-refractivity contribution in [3.63, 3.8) is 0 Å². The number of benzene rings is 1. The van der Waals surface area contributed by atoms with Crippen LogP contribution in [0.2, 0.25) is 0 Å². The first-order chi connectivity index (χ1) is 14.9. The van der Waals surface area contributed by atoms with Crippen LogP contribution in [0.25, 0.3) is 10.9 Å². The van der Waals surface area contributed by atoms with Crippen molar-refractivity contribution < 1.29 is 24.6 Å². The van der Waals surface area contributed by atoms with Gasteiger partial charge in [0.15, 0.2) is 0 Å². The fraction of sp³-hybridized carbons (Fsp3) is 0.409. The van der Waals surface area contributed by atoms with E-state index in [2.05, 4.69) is 5.32 Å². The number of aromatic nitrogens is 3. The molecule has 4 rings (SSSR count). The third-order valence-electron chi connectivity index (χ3n) is 5.78. The highest BCUT2D eigenvalue weighted by Gasteiger charge is 2.26. The summed E-state index contributed by atoms with van der Waals surface area (Å²) in [6.07, 6.45) is 5.14. The van der Waals surface area contributed by atoms with Crippen LogP contribution < -0.4 is 19.7 Å². The van der Waals surface area contributed by atoms with Gasteiger partial charge in [0.1, 0.15) is 0 Å². The van der Waals surface area contributed by atoms with Crippen molar-refractivity contribution in [2.75, 3.05) is 31.4 Å². The van der Waals surface area contributed by atoms with E-state index in [0.717, 1.165) is 47.0 Å². The number of carbonyl (C=O) groups excluding carboxylic acids is 1. The molecule has 0 radical (unpaired) electrons. The second-order valence-electron chi connectivity index (χ2n) is 8.11. The van der Waals surface area contributed by atoms with Crippen molar-refractivity contribution in [3.05, 3.63) is 42.2 Å². The molecule has 0 aliphatic heterocycles. The summed E-state index contributed by atoms with van der Waals surface area (Å²) in [7, 11) is 5.22. The van der Waals surface area contributed by atoms with Gasteiger partial charge in [0.2, 0.25) is 0 Å². The van der Waals surface area contributed by atoms with Crippen molar-refractivity contribution in [1.82, 2.24) is 9.78 Å². The van der Waals surface area contributed by atoms with Crippen molar-refractivity contribution in [3.8, 4) is 5.88 Å². The quantitative estimate of drug-likeness (QED) is 0.428. The standard InChI is InChI=1S/C22H27N5O4/c1-25(2)20-12-17-14(13-26(24-17)15-7-9-16(28)10-8-15)11-18(20)23-22(29)19-5-4-6-21(31-3)27(19)30/h4-6,11-13,15-16,28H,7-10H2,1-3H3,(H-,23,29,30)/p+1/t15-,16-. The molecule has 3 aromatic rings. The number of ether oxygens (including phenoxy) is 1. The number of rotatable bonds is 5. The van der Waals surface area contributed by atoms with Crippen LogP contribution in [0.3, 0.4) is 0 Å². The SMILES string of the molecule is COc1cccc(C(=O)Nc2cc3cn([C@H]4CC[C@H](O)CC4)nc3cc2N(C)C)[n+]1O. The van der Waals surface area contributed by atoms with Crippen molar-refractivity contribution >= 4 is 28.2 Å². The third kappa shape index (κ3) is 4.13. The number of nitrogens with one attached hydrogen (secondary N) is 1. The Labute approximate surface area is 180 Å². The van der Waals surface area contributed by atoms with E-state index in [1.165, 1.54) is 13.2 Å². The lowest BCUT2D eigenvalue weighted by Crippen LogP contribution is -2.40. The average molecular weight is 426 g/mol. The van der Waals surface area contributed by atoms with Gasteiger partial charge in [0.25, 0.3) is 0 Å². The normalized spacial score (nSPS) is 18.7. The summed E-state index contributed by atoms with van der Waals surface area (Å²) in [5.41, 5.74) is 2.31. The lowest BCUT2D eigenvalue weighted by molar-refractivity contribution is -0.907. The Balaban J connectivity index is 1.66. The van der Waals surface area contributed by atoms with Gasteiger partial charge in [-0.1, -0.05) is 0 Å². The number of amides is 1. The fourth-order valence-corrected chi connectivity index (χ4v) is 4.05. The van der Waals surface area contributed by atoms with Crippen molar-refractivity contribution in [2.24, 2.45) is 0 Å². The minimum Gasteiger partial charge on any atom is -0.445 e. The number of hydrogen-bond acceptors (Lipinski definition) is 6. The predicted molar refractivity (Wildman–Crippen MR) is 116 cm³/mol. The van der Waals surface area contributed by atoms with Crippen LogP contribution in [-0.4, -0.2) is 53.3 Å². The summed E-state index contributed by atoms with van der Waals surface area (Å²) >= 11 is 0. The molecule has 1 fully saturated rings. The predicted octanol–water partition coefficient (Wildman–Crippen LogP) is 2.36. The second kappa shape index (κ2) is 8.43. The van der Waals surface area contributed by atoms with Gasteiger partial charge in [-0.25, -0.2) is 0 Å². The number of anilines is 2. The third-order valence-corrected chi connectivity index (χ3v) is 5.78. The van der Waals surface area contributed by atoms with Crippen LogP contribution >= 0.6 is 0 Å². The first-order valence-electron chi connectivity index (χ1n) is 10.4. The molecule has 1 aromatic carbocycles. The Kier molecular flexibility index (Phi) is 5.69. The van der Waals surface area contributed by atoms with Gasteiger partial charge in [-0.05, 0) is 43.9 Å². The molecule has 2 aromatic heterocycles. The van der Waals surface area contributed by atoms with E-state index < -0.39 is 5.91 Å². The maximum Gasteiger partial charge on any atom is 0.417 e. The molecule has 1 aliphatic carbocycles. The number of pyridine rings is 1. The number of aliphatic hydroxyl groups excluding tert-OH is 1. The van der Waals surface area contributed by atoms with E-state index in [-0.39, 0.29) is 23.7 Å². The van der Waals surface area contributed by atoms with Gasteiger partial charge >= 0.3 is 17.5 Å². The number of nitrogens with zero attached hydrogens (tertiary/aromatic N) is 4. The summed E-state index contributed by atoms with van der Waals surface area (Å²) in [5.74, 6) is -0.299. The minimum absolute atomic E-state index is 0.0561. The number of fused-ring (bicyclic) bond motifs is 1. The molecule has 0 saturated heterocycles. The number of methoxy groups -OCH3 is 1. The summed E-state index contributed by atoms with van der Waals surface area (Å²) in [5, 5.41) is 28.6. The van der Waals surface area contributed by atoms with Crippen LogP contribution in [0, 0.1) is 0 Å². The summed E-state index contributed by atoms with van der Waals surface area (Å²) < 4.78 is 7.77. The molecule has 3 N–H and O–H groups in total. The van der Waals surface area contributed by atoms with Crippen molar-refractivity contribution in [2.45, 2.75) is 37.8 Å². The largest absolute Gasteiger partial charge is 0.445 e. The zero-order chi connectivity index (χ0) is 22.1. The second-order valence-corrected chi connectivity index (χ2v) is 8.11. The highest BCUT2D eigenvalue weighted by atomic mass is 16.5. The number of carbonyl (C=O) groups is 1. The maximum atomic E-state index is 12.9. The zero-order valence-electron chi connectivity index (χ0n) is 17.9. The first kappa shape index (κ1) is 20.9. The molecule has 31 heavy (non-hydrogen) atoms. The highest BCUT2D eigenvalue weighted by molar-refractivity contribution is 6.05. The molecule has 0 bridgehead atoms. The van der Waals surface area contributed by atoms with Crippen LogP contribution in [-0.2, 0) is 0 Å². The Morgan fingerprint density at radius 1 is 1.26 bits per heavy atom. The van der Waals surface area contributed by atoms with Crippen LogP contribution in [0.4, 0.5) is 11.4 Å². The van der Waals surface area contributed by atoms with Crippen LogP contribution in [0.5, 0.6) is 5.88 Å². The summed E-state index contributed by atoms with van der Waals surface area (Å²) in [6, 6.07) is 8.82. The molecule has 0 atom stereocenters. The number of aliphatic hydroxyl groups is 1. The van der Waals surface area contributed by atoms with Gasteiger partial charge in [0, 0.05) is 31.7 Å². The molecule has 1 saturated carbocycles. The zero-order valence-corrected chi connectivity index (χ0v) is 17.9. The van der Waals surface area contributed by atoms with Gasteiger partial charge in [0.05, 0.1) is 46.9 Å². The molecular weight excluding hydrogens is 398 g/mol. The maximum absolute atomic E-state index is 12.9. The molecule has 164 valence electrons. The van der Waals surface area contributed by atoms with E-state index in [1.54, 1.807) is 12.1 Å². The minimum atomic E-state index is -0.461. The molecule has 1 amide bonds. The van der Waals surface area contributed by atoms with Crippen LogP contribution in [0.15, 0.2) is 36.5 Å². The molecule has 0 spiro atoms. The summed E-state index contributed by atoms with van der Waals surface area (Å²) in [4.78, 5) is 14.8. The van der Waals surface area contributed by atoms with Gasteiger partial charge in [-0.2, -0.15) is 5.10 Å². The highest BCUT2D eigenvalue weighted by Crippen LogP contribution is 2.33. The topological polar surface area (TPSA) is 104 Å². The fourth-order valence-electron chi connectivity index (χ4n) is 4.05. The van der Waals surface area contributed by atoms with E-state index in [0.29, 0.717) is 5.69 Å². The Morgan fingerprint density at radius 3 is 2.68 bits per heavy atom. The van der Waals surface area contributed by atoms with Gasteiger partial charge < -0.3 is 20.1 Å². The Hall–Kier alpha value is -3.33. The average Bonchev–Trinajstić information content (AvgIpc) is 3.16. The molecule has 0 unspecified atom stereocenters. The van der Waals surface area contributed by atoms with Gasteiger partial charge in [-0.15, -0.1) is 0 Å².